The zero-order chi connectivity index (χ0) is 13.2. The van der Waals surface area contributed by atoms with Crippen molar-refractivity contribution in [2.45, 2.75) is 13.5 Å². The first kappa shape index (κ1) is 13.5. The number of rotatable bonds is 3. The summed E-state index contributed by atoms with van der Waals surface area (Å²) >= 11 is 0. The molecule has 0 aromatic heterocycles. The fraction of sp³-hybridized carbons (Fsp3) is 0.500. The van der Waals surface area contributed by atoms with E-state index in [0.29, 0.717) is 13.1 Å². The summed E-state index contributed by atoms with van der Waals surface area (Å²) in [6.07, 6.45) is 0. The van der Waals surface area contributed by atoms with Crippen LogP contribution in [0.15, 0.2) is 24.3 Å². The van der Waals surface area contributed by atoms with Crippen molar-refractivity contribution in [3.8, 4) is 0 Å². The van der Waals surface area contributed by atoms with Gasteiger partial charge in [0, 0.05) is 32.7 Å². The second kappa shape index (κ2) is 5.36. The molecule has 6 heteroatoms. The van der Waals surface area contributed by atoms with Crippen molar-refractivity contribution >= 4 is 10.2 Å². The quantitative estimate of drug-likeness (QED) is 0.859. The lowest BCUT2D eigenvalue weighted by Gasteiger charge is -2.32. The standard InChI is InChI=1S/C12H19N3O2S/c1-11-2-4-12(5-3-11)10-14-6-8-15(9-7-14)18(13,16)17/h2-5H,6-10H2,1H3,(H2,13,16,17). The van der Waals surface area contributed by atoms with Crippen LogP contribution in [0.4, 0.5) is 0 Å². The van der Waals surface area contributed by atoms with E-state index >= 15 is 0 Å². The van der Waals surface area contributed by atoms with Crippen molar-refractivity contribution in [3.05, 3.63) is 35.4 Å². The van der Waals surface area contributed by atoms with Gasteiger partial charge in [-0.1, -0.05) is 29.8 Å². The molecule has 1 aromatic carbocycles. The summed E-state index contributed by atoms with van der Waals surface area (Å²) in [5.41, 5.74) is 2.50. The van der Waals surface area contributed by atoms with Crippen molar-refractivity contribution in [1.82, 2.24) is 9.21 Å². The van der Waals surface area contributed by atoms with E-state index in [2.05, 4.69) is 36.1 Å². The van der Waals surface area contributed by atoms with E-state index in [1.54, 1.807) is 0 Å². The maximum Gasteiger partial charge on any atom is 0.276 e. The highest BCUT2D eigenvalue weighted by molar-refractivity contribution is 7.86. The molecule has 1 aromatic rings. The molecule has 1 heterocycles. The molecule has 18 heavy (non-hydrogen) atoms. The van der Waals surface area contributed by atoms with Gasteiger partial charge in [-0.2, -0.15) is 12.7 Å². The summed E-state index contributed by atoms with van der Waals surface area (Å²) in [7, 11) is -3.52. The zero-order valence-electron chi connectivity index (χ0n) is 10.5. The summed E-state index contributed by atoms with van der Waals surface area (Å²) in [6, 6.07) is 8.41. The average Bonchev–Trinajstić information content (AvgIpc) is 2.32. The summed E-state index contributed by atoms with van der Waals surface area (Å²) in [5.74, 6) is 0. The molecule has 0 spiro atoms. The Morgan fingerprint density at radius 1 is 1.11 bits per heavy atom. The van der Waals surface area contributed by atoms with Crippen LogP contribution in [0.1, 0.15) is 11.1 Å². The Morgan fingerprint density at radius 2 is 1.67 bits per heavy atom. The molecule has 0 amide bonds. The Balaban J connectivity index is 1.89. The minimum atomic E-state index is -3.52. The van der Waals surface area contributed by atoms with Crippen LogP contribution in [-0.4, -0.2) is 43.8 Å². The van der Waals surface area contributed by atoms with Crippen LogP contribution in [0.2, 0.25) is 0 Å². The van der Waals surface area contributed by atoms with Gasteiger partial charge in [-0.05, 0) is 12.5 Å². The van der Waals surface area contributed by atoms with Gasteiger partial charge in [0.05, 0.1) is 0 Å². The van der Waals surface area contributed by atoms with Gasteiger partial charge in [0.25, 0.3) is 10.2 Å². The van der Waals surface area contributed by atoms with E-state index in [1.807, 2.05) is 0 Å². The van der Waals surface area contributed by atoms with E-state index in [9.17, 15) is 8.42 Å². The minimum absolute atomic E-state index is 0.477. The lowest BCUT2D eigenvalue weighted by Crippen LogP contribution is -2.50. The van der Waals surface area contributed by atoms with Gasteiger partial charge >= 0.3 is 0 Å². The zero-order valence-corrected chi connectivity index (χ0v) is 11.4. The molecule has 0 atom stereocenters. The second-order valence-corrected chi connectivity index (χ2v) is 6.25. The van der Waals surface area contributed by atoms with Crippen LogP contribution in [0.5, 0.6) is 0 Å². The van der Waals surface area contributed by atoms with Gasteiger partial charge in [-0.3, -0.25) is 4.90 Å². The van der Waals surface area contributed by atoms with E-state index in [1.165, 1.54) is 15.4 Å². The lowest BCUT2D eigenvalue weighted by molar-refractivity contribution is 0.181. The number of hydrogen-bond donors (Lipinski definition) is 1. The van der Waals surface area contributed by atoms with Gasteiger partial charge in [-0.15, -0.1) is 0 Å². The van der Waals surface area contributed by atoms with Crippen molar-refractivity contribution in [3.63, 3.8) is 0 Å². The molecule has 1 aliphatic rings. The molecule has 1 fully saturated rings. The molecule has 100 valence electrons. The molecule has 0 aliphatic carbocycles. The van der Waals surface area contributed by atoms with Crippen LogP contribution in [0, 0.1) is 6.92 Å². The fourth-order valence-corrected chi connectivity index (χ4v) is 2.77. The maximum absolute atomic E-state index is 11.2. The summed E-state index contributed by atoms with van der Waals surface area (Å²) in [5, 5.41) is 5.10. The molecule has 0 unspecified atom stereocenters. The summed E-state index contributed by atoms with van der Waals surface area (Å²) in [4.78, 5) is 2.24. The molecule has 1 aliphatic heterocycles. The highest BCUT2D eigenvalue weighted by Gasteiger charge is 2.23. The largest absolute Gasteiger partial charge is 0.296 e. The third-order valence-electron chi connectivity index (χ3n) is 3.22. The topological polar surface area (TPSA) is 66.6 Å². The molecule has 0 saturated carbocycles. The number of benzene rings is 1. The predicted octanol–water partition coefficient (Wildman–Crippen LogP) is 0.316. The van der Waals surface area contributed by atoms with E-state index < -0.39 is 10.2 Å². The third-order valence-corrected chi connectivity index (χ3v) is 4.30. The van der Waals surface area contributed by atoms with Crippen molar-refractivity contribution < 1.29 is 8.42 Å². The molecular weight excluding hydrogens is 250 g/mol. The Morgan fingerprint density at radius 3 is 2.17 bits per heavy atom. The highest BCUT2D eigenvalue weighted by Crippen LogP contribution is 2.10. The Bertz CT molecular complexity index is 491. The van der Waals surface area contributed by atoms with Gasteiger partial charge in [0.1, 0.15) is 0 Å². The SMILES string of the molecule is Cc1ccc(CN2CCN(S(N)(=O)=O)CC2)cc1. The summed E-state index contributed by atoms with van der Waals surface area (Å²) < 4.78 is 23.7. The Kier molecular flexibility index (Phi) is 4.01. The molecule has 0 radical (unpaired) electrons. The van der Waals surface area contributed by atoms with Crippen LogP contribution in [-0.2, 0) is 16.8 Å². The van der Waals surface area contributed by atoms with Gasteiger partial charge in [-0.25, -0.2) is 5.14 Å². The normalized spacial score (nSPS) is 19.0. The first-order valence-electron chi connectivity index (χ1n) is 6.01. The fourth-order valence-electron chi connectivity index (χ4n) is 2.09. The molecular formula is C12H19N3O2S. The lowest BCUT2D eigenvalue weighted by atomic mass is 10.1. The predicted molar refractivity (Wildman–Crippen MR) is 71.1 cm³/mol. The number of hydrogen-bond acceptors (Lipinski definition) is 3. The monoisotopic (exact) mass is 269 g/mol. The average molecular weight is 269 g/mol. The Hall–Kier alpha value is -0.950. The van der Waals surface area contributed by atoms with E-state index in [-0.39, 0.29) is 0 Å². The Labute approximate surface area is 108 Å². The summed E-state index contributed by atoms with van der Waals surface area (Å²) in [6.45, 7) is 5.33. The molecule has 5 nitrogen and oxygen atoms in total. The van der Waals surface area contributed by atoms with Crippen LogP contribution >= 0.6 is 0 Å². The number of nitrogens with zero attached hydrogens (tertiary/aromatic N) is 2. The van der Waals surface area contributed by atoms with Gasteiger partial charge in [0.15, 0.2) is 0 Å². The molecule has 2 rings (SSSR count). The smallest absolute Gasteiger partial charge is 0.276 e. The van der Waals surface area contributed by atoms with Crippen LogP contribution in [0.3, 0.4) is 0 Å². The third kappa shape index (κ3) is 3.52. The molecule has 0 bridgehead atoms. The first-order chi connectivity index (χ1) is 8.45. The molecule has 2 N–H and O–H groups in total. The van der Waals surface area contributed by atoms with Gasteiger partial charge < -0.3 is 0 Å². The van der Waals surface area contributed by atoms with Crippen molar-refractivity contribution in [1.29, 1.82) is 0 Å². The number of piperazine rings is 1. The minimum Gasteiger partial charge on any atom is -0.296 e. The first-order valence-corrected chi connectivity index (χ1v) is 7.51. The van der Waals surface area contributed by atoms with E-state index in [0.717, 1.165) is 19.6 Å². The number of nitrogens with two attached hydrogens (primary N) is 1. The van der Waals surface area contributed by atoms with Crippen molar-refractivity contribution in [2.75, 3.05) is 26.2 Å². The van der Waals surface area contributed by atoms with Crippen molar-refractivity contribution in [2.24, 2.45) is 5.14 Å². The van der Waals surface area contributed by atoms with Gasteiger partial charge in [0.2, 0.25) is 0 Å². The maximum atomic E-state index is 11.2. The molecule has 1 saturated heterocycles. The second-order valence-electron chi connectivity index (χ2n) is 4.71. The van der Waals surface area contributed by atoms with E-state index in [4.69, 9.17) is 5.14 Å². The van der Waals surface area contributed by atoms with Crippen LogP contribution in [0.25, 0.3) is 0 Å². The van der Waals surface area contributed by atoms with Crippen LogP contribution < -0.4 is 5.14 Å². The highest BCUT2D eigenvalue weighted by atomic mass is 32.2. The number of aryl methyl sites for hydroxylation is 1.